The number of ether oxygens (including phenoxy) is 2. The second-order valence-corrected chi connectivity index (χ2v) is 3.41. The Balaban J connectivity index is 2.67. The van der Waals surface area contributed by atoms with E-state index in [-0.39, 0.29) is 0 Å². The summed E-state index contributed by atoms with van der Waals surface area (Å²) in [5.74, 6) is 1.10. The number of benzene rings is 1. The van der Waals surface area contributed by atoms with Crippen molar-refractivity contribution in [2.24, 2.45) is 0 Å². The molecule has 0 saturated heterocycles. The Labute approximate surface area is 86.6 Å². The molecule has 0 spiro atoms. The first kappa shape index (κ1) is 9.34. The van der Waals surface area contributed by atoms with Crippen molar-refractivity contribution in [3.8, 4) is 11.5 Å². The van der Waals surface area contributed by atoms with E-state index in [0.717, 1.165) is 12.0 Å². The van der Waals surface area contributed by atoms with Crippen LogP contribution < -0.4 is 9.47 Å². The second-order valence-electron chi connectivity index (χ2n) is 3.00. The summed E-state index contributed by atoms with van der Waals surface area (Å²) in [6.45, 7) is 0.591. The SMILES string of the molecule is COc1c(C=O)cc(Cl)c2c1OCC2. The summed E-state index contributed by atoms with van der Waals surface area (Å²) < 4.78 is 10.5. The van der Waals surface area contributed by atoms with Gasteiger partial charge in [0.1, 0.15) is 0 Å². The Bertz CT molecular complexity index is 387. The molecule has 2 rings (SSSR count). The van der Waals surface area contributed by atoms with Gasteiger partial charge in [-0.2, -0.15) is 0 Å². The lowest BCUT2D eigenvalue weighted by Crippen LogP contribution is -1.95. The molecule has 1 aromatic rings. The topological polar surface area (TPSA) is 35.5 Å². The Hall–Kier alpha value is -1.22. The highest BCUT2D eigenvalue weighted by atomic mass is 35.5. The number of carbonyl (C=O) groups excluding carboxylic acids is 1. The zero-order valence-electron chi connectivity index (χ0n) is 7.67. The fourth-order valence-electron chi connectivity index (χ4n) is 1.60. The van der Waals surface area contributed by atoms with Gasteiger partial charge in [0.2, 0.25) is 0 Å². The molecule has 0 amide bonds. The molecule has 3 nitrogen and oxygen atoms in total. The quantitative estimate of drug-likeness (QED) is 0.705. The molecule has 74 valence electrons. The number of halogens is 1. The van der Waals surface area contributed by atoms with E-state index in [1.807, 2.05) is 0 Å². The van der Waals surface area contributed by atoms with Crippen LogP contribution in [0.2, 0.25) is 5.02 Å². The van der Waals surface area contributed by atoms with Crippen LogP contribution in [0.15, 0.2) is 6.07 Å². The molecule has 14 heavy (non-hydrogen) atoms. The first-order valence-electron chi connectivity index (χ1n) is 4.25. The van der Waals surface area contributed by atoms with Crippen molar-refractivity contribution in [1.82, 2.24) is 0 Å². The summed E-state index contributed by atoms with van der Waals surface area (Å²) in [4.78, 5) is 10.7. The van der Waals surface area contributed by atoms with Gasteiger partial charge < -0.3 is 9.47 Å². The highest BCUT2D eigenvalue weighted by molar-refractivity contribution is 6.32. The standard InChI is InChI=1S/C10H9ClO3/c1-13-9-6(5-12)4-8(11)7-2-3-14-10(7)9/h4-5H,2-3H2,1H3. The number of aldehydes is 1. The second kappa shape index (κ2) is 3.50. The highest BCUT2D eigenvalue weighted by Gasteiger charge is 2.23. The van der Waals surface area contributed by atoms with E-state index in [9.17, 15) is 4.79 Å². The van der Waals surface area contributed by atoms with Crippen molar-refractivity contribution in [3.63, 3.8) is 0 Å². The molecule has 1 aliphatic rings. The van der Waals surface area contributed by atoms with Crippen LogP contribution in [0, 0.1) is 0 Å². The van der Waals surface area contributed by atoms with E-state index in [2.05, 4.69) is 0 Å². The summed E-state index contributed by atoms with van der Waals surface area (Å²) in [6, 6.07) is 1.61. The van der Waals surface area contributed by atoms with Crippen LogP contribution >= 0.6 is 11.6 Å². The van der Waals surface area contributed by atoms with E-state index in [0.29, 0.717) is 35.0 Å². The first-order chi connectivity index (χ1) is 6.77. The number of carbonyl (C=O) groups is 1. The van der Waals surface area contributed by atoms with E-state index < -0.39 is 0 Å². The number of fused-ring (bicyclic) bond motifs is 1. The largest absolute Gasteiger partial charge is 0.492 e. The predicted octanol–water partition coefficient (Wildman–Crippen LogP) is 2.10. The van der Waals surface area contributed by atoms with Crippen LogP contribution in [0.4, 0.5) is 0 Å². The van der Waals surface area contributed by atoms with Gasteiger partial charge in [0.15, 0.2) is 17.8 Å². The summed E-state index contributed by atoms with van der Waals surface area (Å²) >= 11 is 5.99. The minimum atomic E-state index is 0.429. The van der Waals surface area contributed by atoms with Crippen LogP contribution in [-0.4, -0.2) is 20.0 Å². The lowest BCUT2D eigenvalue weighted by molar-refractivity contribution is 0.112. The molecule has 0 aromatic heterocycles. The van der Waals surface area contributed by atoms with Crippen LogP contribution in [0.5, 0.6) is 11.5 Å². The lowest BCUT2D eigenvalue weighted by atomic mass is 10.1. The molecule has 0 bridgehead atoms. The van der Waals surface area contributed by atoms with E-state index in [1.54, 1.807) is 6.07 Å². The maximum atomic E-state index is 10.7. The van der Waals surface area contributed by atoms with E-state index in [4.69, 9.17) is 21.1 Å². The zero-order chi connectivity index (χ0) is 10.1. The molecular formula is C10H9ClO3. The van der Waals surface area contributed by atoms with Gasteiger partial charge in [-0.1, -0.05) is 11.6 Å². The minimum Gasteiger partial charge on any atom is -0.492 e. The van der Waals surface area contributed by atoms with Gasteiger partial charge in [-0.15, -0.1) is 0 Å². The monoisotopic (exact) mass is 212 g/mol. The predicted molar refractivity (Wildman–Crippen MR) is 52.6 cm³/mol. The van der Waals surface area contributed by atoms with Gasteiger partial charge in [-0.25, -0.2) is 0 Å². The maximum absolute atomic E-state index is 10.7. The fraction of sp³-hybridized carbons (Fsp3) is 0.300. The van der Waals surface area contributed by atoms with Gasteiger partial charge in [0.25, 0.3) is 0 Å². The molecule has 4 heteroatoms. The molecule has 0 aliphatic carbocycles. The van der Waals surface area contributed by atoms with Crippen molar-refractivity contribution in [2.45, 2.75) is 6.42 Å². The summed E-state index contributed by atoms with van der Waals surface area (Å²) in [5, 5.41) is 0.570. The van der Waals surface area contributed by atoms with Crippen molar-refractivity contribution in [1.29, 1.82) is 0 Å². The Morgan fingerprint density at radius 1 is 1.64 bits per heavy atom. The third kappa shape index (κ3) is 1.24. The third-order valence-corrected chi connectivity index (χ3v) is 2.58. The molecule has 0 radical (unpaired) electrons. The van der Waals surface area contributed by atoms with Gasteiger partial charge >= 0.3 is 0 Å². The number of rotatable bonds is 2. The number of methoxy groups -OCH3 is 1. The van der Waals surface area contributed by atoms with E-state index >= 15 is 0 Å². The Morgan fingerprint density at radius 3 is 3.07 bits per heavy atom. The minimum absolute atomic E-state index is 0.429. The summed E-state index contributed by atoms with van der Waals surface area (Å²) in [7, 11) is 1.51. The van der Waals surface area contributed by atoms with Crippen LogP contribution in [0.3, 0.4) is 0 Å². The molecule has 1 aromatic carbocycles. The Kier molecular flexibility index (Phi) is 2.33. The average molecular weight is 213 g/mol. The molecule has 0 N–H and O–H groups in total. The summed E-state index contributed by atoms with van der Waals surface area (Å²) in [6.07, 6.45) is 1.48. The number of hydrogen-bond acceptors (Lipinski definition) is 3. The van der Waals surface area contributed by atoms with Gasteiger partial charge in [0.05, 0.1) is 19.3 Å². The molecule has 0 saturated carbocycles. The third-order valence-electron chi connectivity index (χ3n) is 2.24. The van der Waals surface area contributed by atoms with Gasteiger partial charge in [-0.05, 0) is 6.07 Å². The highest BCUT2D eigenvalue weighted by Crippen LogP contribution is 2.41. The fourth-order valence-corrected chi connectivity index (χ4v) is 1.90. The van der Waals surface area contributed by atoms with Crippen molar-refractivity contribution in [2.75, 3.05) is 13.7 Å². The van der Waals surface area contributed by atoms with Crippen molar-refractivity contribution >= 4 is 17.9 Å². The number of hydrogen-bond donors (Lipinski definition) is 0. The van der Waals surface area contributed by atoms with Gasteiger partial charge in [0, 0.05) is 17.0 Å². The Morgan fingerprint density at radius 2 is 2.43 bits per heavy atom. The van der Waals surface area contributed by atoms with Crippen LogP contribution in [-0.2, 0) is 6.42 Å². The van der Waals surface area contributed by atoms with E-state index in [1.165, 1.54) is 7.11 Å². The average Bonchev–Trinajstić information content (AvgIpc) is 2.66. The molecule has 0 atom stereocenters. The zero-order valence-corrected chi connectivity index (χ0v) is 8.43. The van der Waals surface area contributed by atoms with Crippen molar-refractivity contribution < 1.29 is 14.3 Å². The molecule has 0 unspecified atom stereocenters. The lowest BCUT2D eigenvalue weighted by Gasteiger charge is -2.09. The summed E-state index contributed by atoms with van der Waals surface area (Å²) in [5.41, 5.74) is 1.35. The van der Waals surface area contributed by atoms with Crippen LogP contribution in [0.25, 0.3) is 0 Å². The molecule has 0 fully saturated rings. The molecule has 1 aliphatic heterocycles. The normalized spacial score (nSPS) is 13.3. The van der Waals surface area contributed by atoms with Crippen molar-refractivity contribution in [3.05, 3.63) is 22.2 Å². The van der Waals surface area contributed by atoms with Crippen LogP contribution in [0.1, 0.15) is 15.9 Å². The molecular weight excluding hydrogens is 204 g/mol. The maximum Gasteiger partial charge on any atom is 0.171 e. The molecule has 1 heterocycles. The smallest absolute Gasteiger partial charge is 0.171 e. The van der Waals surface area contributed by atoms with Gasteiger partial charge in [-0.3, -0.25) is 4.79 Å². The first-order valence-corrected chi connectivity index (χ1v) is 4.63.